The van der Waals surface area contributed by atoms with E-state index in [1.165, 1.54) is 0 Å². The van der Waals surface area contributed by atoms with Crippen molar-refractivity contribution in [2.24, 2.45) is 0 Å². The lowest BCUT2D eigenvalue weighted by atomic mass is 10.1. The van der Waals surface area contributed by atoms with E-state index in [2.05, 4.69) is 10.3 Å². The van der Waals surface area contributed by atoms with Crippen molar-refractivity contribution in [3.63, 3.8) is 0 Å². The Kier molecular flexibility index (Phi) is 3.46. The van der Waals surface area contributed by atoms with Crippen LogP contribution in [-0.4, -0.2) is 55.6 Å². The fraction of sp³-hybridized carbons (Fsp3) is 0.538. The maximum Gasteiger partial charge on any atom is 0.270 e. The Morgan fingerprint density at radius 2 is 2.21 bits per heavy atom. The second-order valence-electron chi connectivity index (χ2n) is 4.66. The van der Waals surface area contributed by atoms with Gasteiger partial charge in [-0.15, -0.1) is 0 Å². The van der Waals surface area contributed by atoms with Crippen LogP contribution >= 0.6 is 0 Å². The van der Waals surface area contributed by atoms with Gasteiger partial charge in [-0.25, -0.2) is 0 Å². The molecule has 4 atom stereocenters. The number of amides is 1. The maximum absolute atomic E-state index is 12.0. The van der Waals surface area contributed by atoms with Gasteiger partial charge < -0.3 is 19.5 Å². The molecule has 1 aromatic heterocycles. The molecule has 6 heteroatoms. The van der Waals surface area contributed by atoms with E-state index in [1.807, 2.05) is 0 Å². The van der Waals surface area contributed by atoms with Crippen LogP contribution in [0.5, 0.6) is 0 Å². The number of rotatable bonds is 3. The van der Waals surface area contributed by atoms with Crippen molar-refractivity contribution in [3.8, 4) is 0 Å². The van der Waals surface area contributed by atoms with Gasteiger partial charge >= 0.3 is 0 Å². The molecular weight excluding hydrogens is 248 g/mol. The first kappa shape index (κ1) is 12.5. The Bertz CT molecular complexity index is 453. The van der Waals surface area contributed by atoms with Gasteiger partial charge in [0.2, 0.25) is 0 Å². The summed E-state index contributed by atoms with van der Waals surface area (Å²) in [5.41, 5.74) is 0.396. The van der Waals surface area contributed by atoms with Crippen LogP contribution in [0.4, 0.5) is 0 Å². The van der Waals surface area contributed by atoms with E-state index in [9.17, 15) is 4.79 Å². The smallest absolute Gasteiger partial charge is 0.270 e. The number of pyridine rings is 1. The van der Waals surface area contributed by atoms with E-state index in [1.54, 1.807) is 31.5 Å². The van der Waals surface area contributed by atoms with Crippen LogP contribution in [0.2, 0.25) is 0 Å². The fourth-order valence-corrected chi connectivity index (χ4v) is 2.53. The first-order chi connectivity index (χ1) is 9.29. The molecule has 0 unspecified atom stereocenters. The number of nitrogens with zero attached hydrogens (tertiary/aromatic N) is 1. The summed E-state index contributed by atoms with van der Waals surface area (Å²) in [7, 11) is 1.64. The summed E-state index contributed by atoms with van der Waals surface area (Å²) in [4.78, 5) is 16.0. The summed E-state index contributed by atoms with van der Waals surface area (Å²) in [6.07, 6.45) is 1.30. The molecular formula is C13H16N2O4. The molecule has 3 heterocycles. The molecule has 1 N–H and O–H groups in total. The predicted octanol–water partition coefficient (Wildman–Crippen LogP) is -0.00740. The third-order valence-corrected chi connectivity index (χ3v) is 3.52. The lowest BCUT2D eigenvalue weighted by Gasteiger charge is -2.17. The summed E-state index contributed by atoms with van der Waals surface area (Å²) in [6, 6.07) is 5.08. The van der Waals surface area contributed by atoms with Gasteiger partial charge in [0.05, 0.1) is 19.3 Å². The van der Waals surface area contributed by atoms with Crippen molar-refractivity contribution < 1.29 is 19.0 Å². The molecule has 6 nitrogen and oxygen atoms in total. The van der Waals surface area contributed by atoms with Gasteiger partial charge in [0, 0.05) is 13.3 Å². The van der Waals surface area contributed by atoms with Gasteiger partial charge in [-0.1, -0.05) is 6.07 Å². The minimum atomic E-state index is -0.209. The van der Waals surface area contributed by atoms with E-state index in [0.717, 1.165) is 0 Å². The molecule has 0 saturated carbocycles. The number of nitrogens with one attached hydrogen (secondary N) is 1. The van der Waals surface area contributed by atoms with E-state index >= 15 is 0 Å². The Hall–Kier alpha value is -1.50. The van der Waals surface area contributed by atoms with E-state index in [4.69, 9.17) is 14.2 Å². The lowest BCUT2D eigenvalue weighted by molar-refractivity contribution is -0.00817. The van der Waals surface area contributed by atoms with Crippen molar-refractivity contribution in [2.75, 3.05) is 20.3 Å². The molecule has 0 radical (unpaired) electrons. The quantitative estimate of drug-likeness (QED) is 0.831. The summed E-state index contributed by atoms with van der Waals surface area (Å²) >= 11 is 0. The molecule has 2 aliphatic heterocycles. The molecule has 0 spiro atoms. The van der Waals surface area contributed by atoms with Gasteiger partial charge in [-0.05, 0) is 12.1 Å². The zero-order valence-electron chi connectivity index (χ0n) is 10.6. The maximum atomic E-state index is 12.0. The van der Waals surface area contributed by atoms with Crippen molar-refractivity contribution in [1.82, 2.24) is 10.3 Å². The molecule has 19 heavy (non-hydrogen) atoms. The molecule has 0 bridgehead atoms. The third kappa shape index (κ3) is 2.34. The van der Waals surface area contributed by atoms with Gasteiger partial charge in [-0.3, -0.25) is 9.78 Å². The average molecular weight is 264 g/mol. The molecule has 2 saturated heterocycles. The zero-order chi connectivity index (χ0) is 13.2. The summed E-state index contributed by atoms with van der Waals surface area (Å²) in [5, 5.41) is 2.90. The molecule has 1 aromatic rings. The minimum absolute atomic E-state index is 0.0539. The number of ether oxygens (including phenoxy) is 3. The fourth-order valence-electron chi connectivity index (χ4n) is 2.53. The Labute approximate surface area is 111 Å². The highest BCUT2D eigenvalue weighted by atomic mass is 16.6. The number of carbonyl (C=O) groups is 1. The highest BCUT2D eigenvalue weighted by Gasteiger charge is 2.48. The standard InChI is InChI=1S/C13H16N2O4/c1-17-10-7-19-11-9(6-18-12(10)11)15-13(16)8-4-2-3-5-14-8/h2-5,9-12H,6-7H2,1H3,(H,15,16)/t9-,10+,11+,12+/m0/s1. The van der Waals surface area contributed by atoms with Crippen LogP contribution in [0.25, 0.3) is 0 Å². The number of hydrogen-bond acceptors (Lipinski definition) is 5. The molecule has 3 rings (SSSR count). The molecule has 1 amide bonds. The third-order valence-electron chi connectivity index (χ3n) is 3.52. The normalized spacial score (nSPS) is 33.1. The van der Waals surface area contributed by atoms with Crippen molar-refractivity contribution in [1.29, 1.82) is 0 Å². The van der Waals surface area contributed by atoms with Crippen molar-refractivity contribution in [3.05, 3.63) is 30.1 Å². The number of hydrogen-bond donors (Lipinski definition) is 1. The second-order valence-corrected chi connectivity index (χ2v) is 4.66. The molecule has 0 aliphatic carbocycles. The second kappa shape index (κ2) is 5.24. The van der Waals surface area contributed by atoms with Crippen LogP contribution in [-0.2, 0) is 14.2 Å². The van der Waals surface area contributed by atoms with Crippen LogP contribution in [0.15, 0.2) is 24.4 Å². The minimum Gasteiger partial charge on any atom is -0.376 e. The van der Waals surface area contributed by atoms with Crippen LogP contribution in [0.1, 0.15) is 10.5 Å². The SMILES string of the molecule is CO[C@@H]1CO[C@H]2[C@@H]1OC[C@@H]2NC(=O)c1ccccn1. The highest BCUT2D eigenvalue weighted by Crippen LogP contribution is 2.28. The Balaban J connectivity index is 1.64. The zero-order valence-corrected chi connectivity index (χ0v) is 10.6. The summed E-state index contributed by atoms with van der Waals surface area (Å²) in [5.74, 6) is -0.209. The highest BCUT2D eigenvalue weighted by molar-refractivity contribution is 5.92. The molecule has 2 fully saturated rings. The van der Waals surface area contributed by atoms with Crippen molar-refractivity contribution >= 4 is 5.91 Å². The van der Waals surface area contributed by atoms with Crippen LogP contribution < -0.4 is 5.32 Å². The van der Waals surface area contributed by atoms with Gasteiger partial charge in [0.15, 0.2) is 0 Å². The number of aromatic nitrogens is 1. The topological polar surface area (TPSA) is 69.7 Å². The van der Waals surface area contributed by atoms with Gasteiger partial charge in [-0.2, -0.15) is 0 Å². The first-order valence-electron chi connectivity index (χ1n) is 6.27. The monoisotopic (exact) mass is 264 g/mol. The van der Waals surface area contributed by atoms with E-state index in [0.29, 0.717) is 18.9 Å². The number of fused-ring (bicyclic) bond motifs is 1. The largest absolute Gasteiger partial charge is 0.376 e. The van der Waals surface area contributed by atoms with Gasteiger partial charge in [0.1, 0.15) is 24.0 Å². The Morgan fingerprint density at radius 3 is 2.95 bits per heavy atom. The van der Waals surface area contributed by atoms with E-state index < -0.39 is 0 Å². The van der Waals surface area contributed by atoms with Crippen LogP contribution in [0, 0.1) is 0 Å². The number of carbonyl (C=O) groups excluding carboxylic acids is 1. The predicted molar refractivity (Wildman–Crippen MR) is 65.8 cm³/mol. The number of methoxy groups -OCH3 is 1. The summed E-state index contributed by atoms with van der Waals surface area (Å²) in [6.45, 7) is 0.940. The van der Waals surface area contributed by atoms with Crippen LogP contribution in [0.3, 0.4) is 0 Å². The molecule has 102 valence electrons. The summed E-state index contributed by atoms with van der Waals surface area (Å²) < 4.78 is 16.6. The molecule has 2 aliphatic rings. The first-order valence-corrected chi connectivity index (χ1v) is 6.27. The lowest BCUT2D eigenvalue weighted by Crippen LogP contribution is -2.44. The van der Waals surface area contributed by atoms with Crippen molar-refractivity contribution in [2.45, 2.75) is 24.4 Å². The van der Waals surface area contributed by atoms with E-state index in [-0.39, 0.29) is 30.3 Å². The molecule has 0 aromatic carbocycles. The Morgan fingerprint density at radius 1 is 1.37 bits per heavy atom. The van der Waals surface area contributed by atoms with Gasteiger partial charge in [0.25, 0.3) is 5.91 Å². The average Bonchev–Trinajstić information content (AvgIpc) is 3.02.